The maximum Gasteiger partial charge on any atom is 0.155 e. The summed E-state index contributed by atoms with van der Waals surface area (Å²) < 4.78 is 40.5. The molecule has 0 saturated heterocycles. The van der Waals surface area contributed by atoms with E-state index >= 15 is 0 Å². The van der Waals surface area contributed by atoms with E-state index in [1.54, 1.807) is 0 Å². The highest BCUT2D eigenvalue weighted by atomic mass is 19.1. The van der Waals surface area contributed by atoms with Crippen molar-refractivity contribution in [1.29, 1.82) is 0 Å². The minimum absolute atomic E-state index is 0.0583. The summed E-state index contributed by atoms with van der Waals surface area (Å²) in [4.78, 5) is 3.69. The molecule has 1 aromatic heterocycles. The third-order valence-electron chi connectivity index (χ3n) is 2.69. The topological polar surface area (TPSA) is 33.1 Å². The number of aliphatic hydroxyl groups excluding tert-OH is 1. The molecule has 2 rings (SSSR count). The zero-order valence-corrected chi connectivity index (χ0v) is 10.2. The Morgan fingerprint density at radius 1 is 1.16 bits per heavy atom. The van der Waals surface area contributed by atoms with Crippen molar-refractivity contribution in [2.75, 3.05) is 0 Å². The van der Waals surface area contributed by atoms with Crippen molar-refractivity contribution in [2.24, 2.45) is 0 Å². The average molecular weight is 267 g/mol. The summed E-state index contributed by atoms with van der Waals surface area (Å²) in [5.74, 6) is -2.08. The summed E-state index contributed by atoms with van der Waals surface area (Å²) in [6.45, 7) is 1.44. The summed E-state index contributed by atoms with van der Waals surface area (Å²) in [6, 6.07) is 5.08. The smallest absolute Gasteiger partial charge is 0.155 e. The number of aromatic nitrogens is 1. The number of pyridine rings is 1. The standard InChI is InChI=1S/C14H12F3NO/c1-8(19)6-11-12(16)7-18-14(13(11)17)9-2-4-10(15)5-3-9/h2-5,7-8,19H,6H2,1H3. The minimum Gasteiger partial charge on any atom is -0.393 e. The molecule has 0 spiro atoms. The lowest BCUT2D eigenvalue weighted by Gasteiger charge is -2.10. The molecule has 0 aliphatic heterocycles. The van der Waals surface area contributed by atoms with Crippen LogP contribution < -0.4 is 0 Å². The van der Waals surface area contributed by atoms with Crippen molar-refractivity contribution < 1.29 is 18.3 Å². The fourth-order valence-electron chi connectivity index (χ4n) is 1.80. The first-order valence-electron chi connectivity index (χ1n) is 5.76. The normalized spacial score (nSPS) is 12.5. The van der Waals surface area contributed by atoms with Crippen molar-refractivity contribution in [3.63, 3.8) is 0 Å². The second-order valence-electron chi connectivity index (χ2n) is 4.31. The summed E-state index contributed by atoms with van der Waals surface area (Å²) in [7, 11) is 0. The van der Waals surface area contributed by atoms with Crippen LogP contribution in [-0.4, -0.2) is 16.2 Å². The van der Waals surface area contributed by atoms with Gasteiger partial charge in [-0.05, 0) is 31.2 Å². The van der Waals surface area contributed by atoms with Gasteiger partial charge in [-0.3, -0.25) is 4.98 Å². The average Bonchev–Trinajstić information content (AvgIpc) is 2.36. The highest BCUT2D eigenvalue weighted by molar-refractivity contribution is 5.60. The number of benzene rings is 1. The van der Waals surface area contributed by atoms with Crippen molar-refractivity contribution in [3.05, 3.63) is 53.5 Å². The zero-order valence-electron chi connectivity index (χ0n) is 10.2. The van der Waals surface area contributed by atoms with E-state index in [-0.39, 0.29) is 17.7 Å². The molecule has 1 heterocycles. The summed E-state index contributed by atoms with van der Waals surface area (Å²) in [5, 5.41) is 9.25. The number of rotatable bonds is 3. The van der Waals surface area contributed by atoms with E-state index in [1.165, 1.54) is 31.2 Å². The van der Waals surface area contributed by atoms with Crippen LogP contribution in [0.2, 0.25) is 0 Å². The molecule has 1 N–H and O–H groups in total. The van der Waals surface area contributed by atoms with Crippen LogP contribution in [-0.2, 0) is 6.42 Å². The van der Waals surface area contributed by atoms with Crippen LogP contribution in [0.15, 0.2) is 30.5 Å². The van der Waals surface area contributed by atoms with Gasteiger partial charge in [0.05, 0.1) is 12.3 Å². The molecule has 0 bridgehead atoms. The van der Waals surface area contributed by atoms with Crippen LogP contribution in [0.1, 0.15) is 12.5 Å². The molecule has 2 nitrogen and oxygen atoms in total. The number of nitrogens with zero attached hydrogens (tertiary/aromatic N) is 1. The zero-order chi connectivity index (χ0) is 14.0. The molecular weight excluding hydrogens is 255 g/mol. The number of hydrogen-bond donors (Lipinski definition) is 1. The third-order valence-corrected chi connectivity index (χ3v) is 2.69. The molecule has 19 heavy (non-hydrogen) atoms. The van der Waals surface area contributed by atoms with E-state index in [2.05, 4.69) is 4.98 Å². The van der Waals surface area contributed by atoms with Gasteiger partial charge in [-0.2, -0.15) is 0 Å². The van der Waals surface area contributed by atoms with E-state index in [0.29, 0.717) is 5.56 Å². The molecule has 0 aliphatic rings. The Hall–Kier alpha value is -1.88. The Labute approximate surface area is 108 Å². The molecule has 1 unspecified atom stereocenters. The Kier molecular flexibility index (Phi) is 3.85. The maximum atomic E-state index is 14.2. The highest BCUT2D eigenvalue weighted by Crippen LogP contribution is 2.25. The lowest BCUT2D eigenvalue weighted by atomic mass is 10.0. The lowest BCUT2D eigenvalue weighted by Crippen LogP contribution is -2.10. The van der Waals surface area contributed by atoms with Crippen molar-refractivity contribution in [3.8, 4) is 11.3 Å². The summed E-state index contributed by atoms with van der Waals surface area (Å²) >= 11 is 0. The highest BCUT2D eigenvalue weighted by Gasteiger charge is 2.17. The Bertz CT molecular complexity index is 582. The Balaban J connectivity index is 2.50. The van der Waals surface area contributed by atoms with Gasteiger partial charge in [0.15, 0.2) is 5.82 Å². The molecule has 0 fully saturated rings. The molecule has 1 aromatic carbocycles. The van der Waals surface area contributed by atoms with Gasteiger partial charge in [0, 0.05) is 17.5 Å². The van der Waals surface area contributed by atoms with Crippen LogP contribution in [0.3, 0.4) is 0 Å². The first-order valence-corrected chi connectivity index (χ1v) is 5.76. The van der Waals surface area contributed by atoms with Crippen molar-refractivity contribution >= 4 is 0 Å². The van der Waals surface area contributed by atoms with Crippen LogP contribution in [0.4, 0.5) is 13.2 Å². The third kappa shape index (κ3) is 2.93. The molecular formula is C14H12F3NO. The molecule has 0 amide bonds. The lowest BCUT2D eigenvalue weighted by molar-refractivity contribution is 0.192. The van der Waals surface area contributed by atoms with Gasteiger partial charge in [0.25, 0.3) is 0 Å². The Morgan fingerprint density at radius 2 is 1.79 bits per heavy atom. The molecule has 1 atom stereocenters. The van der Waals surface area contributed by atoms with Gasteiger partial charge in [-0.1, -0.05) is 0 Å². The van der Waals surface area contributed by atoms with Gasteiger partial charge in [-0.15, -0.1) is 0 Å². The van der Waals surface area contributed by atoms with Gasteiger partial charge >= 0.3 is 0 Å². The van der Waals surface area contributed by atoms with E-state index in [9.17, 15) is 18.3 Å². The molecule has 100 valence electrons. The maximum absolute atomic E-state index is 14.2. The van der Waals surface area contributed by atoms with Crippen molar-refractivity contribution in [1.82, 2.24) is 4.98 Å². The van der Waals surface area contributed by atoms with Crippen LogP contribution in [0.5, 0.6) is 0 Å². The van der Waals surface area contributed by atoms with Crippen LogP contribution in [0, 0.1) is 17.5 Å². The largest absolute Gasteiger partial charge is 0.393 e. The molecule has 2 aromatic rings. The fourth-order valence-corrected chi connectivity index (χ4v) is 1.80. The first kappa shape index (κ1) is 13.5. The second-order valence-corrected chi connectivity index (χ2v) is 4.31. The predicted molar refractivity (Wildman–Crippen MR) is 64.9 cm³/mol. The Morgan fingerprint density at radius 3 is 2.37 bits per heavy atom. The van der Waals surface area contributed by atoms with Crippen LogP contribution in [0.25, 0.3) is 11.3 Å². The van der Waals surface area contributed by atoms with Crippen molar-refractivity contribution in [2.45, 2.75) is 19.4 Å². The monoisotopic (exact) mass is 267 g/mol. The second kappa shape index (κ2) is 5.40. The number of hydrogen-bond acceptors (Lipinski definition) is 2. The van der Waals surface area contributed by atoms with E-state index in [1.807, 2.05) is 0 Å². The SMILES string of the molecule is CC(O)Cc1c(F)cnc(-c2ccc(F)cc2)c1F. The summed E-state index contributed by atoms with van der Waals surface area (Å²) in [5.41, 5.74) is 0.0760. The predicted octanol–water partition coefficient (Wildman–Crippen LogP) is 3.09. The van der Waals surface area contributed by atoms with E-state index in [4.69, 9.17) is 0 Å². The molecule has 0 aliphatic carbocycles. The van der Waals surface area contributed by atoms with Crippen LogP contribution >= 0.6 is 0 Å². The fraction of sp³-hybridized carbons (Fsp3) is 0.214. The number of halogens is 3. The quantitative estimate of drug-likeness (QED) is 0.927. The van der Waals surface area contributed by atoms with E-state index in [0.717, 1.165) is 6.20 Å². The molecule has 0 radical (unpaired) electrons. The molecule has 5 heteroatoms. The van der Waals surface area contributed by atoms with Gasteiger partial charge in [0.1, 0.15) is 17.3 Å². The van der Waals surface area contributed by atoms with E-state index < -0.39 is 23.6 Å². The van der Waals surface area contributed by atoms with Gasteiger partial charge in [-0.25, -0.2) is 13.2 Å². The molecule has 0 saturated carbocycles. The number of aliphatic hydroxyl groups is 1. The van der Waals surface area contributed by atoms with Gasteiger partial charge in [0.2, 0.25) is 0 Å². The first-order chi connectivity index (χ1) is 8.99. The van der Waals surface area contributed by atoms with Gasteiger partial charge < -0.3 is 5.11 Å². The summed E-state index contributed by atoms with van der Waals surface area (Å²) in [6.07, 6.45) is -0.110. The minimum atomic E-state index is -0.868.